The number of fused-ring (bicyclic) bond motifs is 1. The van der Waals surface area contributed by atoms with Crippen molar-refractivity contribution in [3.63, 3.8) is 0 Å². The van der Waals surface area contributed by atoms with Crippen molar-refractivity contribution in [1.82, 2.24) is 19.5 Å². The standard InChI is InChI=1S/C23H24N6O2/c1-15-10-18(13-24-12-15)23(31)27-19-5-3-4-17(11-19)16(2)26-21-14-25-20-6-7-29(8-9-30)22(20)28-21/h3-7,10-14,16,30H,8-9H2,1-2H3,(H,26,28)(H,27,31)/t16-/m0/s1. The number of carbonyl (C=O) groups is 1. The first-order chi connectivity index (χ1) is 15.0. The fourth-order valence-corrected chi connectivity index (χ4v) is 3.38. The smallest absolute Gasteiger partial charge is 0.257 e. The van der Waals surface area contributed by atoms with Crippen LogP contribution in [0.2, 0.25) is 0 Å². The molecule has 3 aromatic heterocycles. The first-order valence-electron chi connectivity index (χ1n) is 10.1. The second-order valence-corrected chi connectivity index (χ2v) is 7.39. The van der Waals surface area contributed by atoms with Gasteiger partial charge in [0.05, 0.1) is 24.4 Å². The highest BCUT2D eigenvalue weighted by atomic mass is 16.3. The van der Waals surface area contributed by atoms with Crippen LogP contribution in [0.1, 0.15) is 34.5 Å². The molecule has 3 heterocycles. The Labute approximate surface area is 180 Å². The number of hydrogen-bond donors (Lipinski definition) is 3. The number of hydrogen-bond acceptors (Lipinski definition) is 6. The SMILES string of the molecule is Cc1cncc(C(=O)Nc2cccc([C@H](C)Nc3cnc4ccn(CCO)c4n3)c2)c1. The molecule has 0 radical (unpaired) electrons. The number of aliphatic hydroxyl groups excluding tert-OH is 1. The maximum Gasteiger partial charge on any atom is 0.257 e. The van der Waals surface area contributed by atoms with Gasteiger partial charge < -0.3 is 20.3 Å². The minimum Gasteiger partial charge on any atom is -0.395 e. The molecule has 0 saturated heterocycles. The molecule has 0 unspecified atom stereocenters. The first kappa shape index (κ1) is 20.5. The zero-order valence-electron chi connectivity index (χ0n) is 17.4. The lowest BCUT2D eigenvalue weighted by Crippen LogP contribution is -2.13. The van der Waals surface area contributed by atoms with Crippen molar-refractivity contribution in [3.05, 3.63) is 77.9 Å². The zero-order chi connectivity index (χ0) is 21.8. The van der Waals surface area contributed by atoms with E-state index in [1.807, 2.05) is 54.9 Å². The maximum atomic E-state index is 12.5. The Bertz CT molecular complexity index is 1220. The highest BCUT2D eigenvalue weighted by Gasteiger charge is 2.12. The van der Waals surface area contributed by atoms with E-state index >= 15 is 0 Å². The van der Waals surface area contributed by atoms with Crippen LogP contribution in [0.25, 0.3) is 11.2 Å². The van der Waals surface area contributed by atoms with E-state index in [0.717, 1.165) is 22.3 Å². The molecule has 4 rings (SSSR count). The molecule has 31 heavy (non-hydrogen) atoms. The van der Waals surface area contributed by atoms with Crippen molar-refractivity contribution in [3.8, 4) is 0 Å². The molecular formula is C23H24N6O2. The van der Waals surface area contributed by atoms with Crippen LogP contribution in [0.3, 0.4) is 0 Å². The summed E-state index contributed by atoms with van der Waals surface area (Å²) >= 11 is 0. The number of rotatable bonds is 7. The fraction of sp³-hybridized carbons (Fsp3) is 0.217. The molecule has 0 aliphatic heterocycles. The number of carbonyl (C=O) groups excluding carboxylic acids is 1. The van der Waals surface area contributed by atoms with Crippen LogP contribution in [0, 0.1) is 6.92 Å². The van der Waals surface area contributed by atoms with Gasteiger partial charge in [-0.3, -0.25) is 9.78 Å². The van der Waals surface area contributed by atoms with E-state index in [1.54, 1.807) is 24.7 Å². The summed E-state index contributed by atoms with van der Waals surface area (Å²) in [6, 6.07) is 11.3. The van der Waals surface area contributed by atoms with Gasteiger partial charge in [0.15, 0.2) is 5.65 Å². The lowest BCUT2D eigenvalue weighted by atomic mass is 10.1. The minimum atomic E-state index is -0.199. The monoisotopic (exact) mass is 416 g/mol. The fourth-order valence-electron chi connectivity index (χ4n) is 3.38. The summed E-state index contributed by atoms with van der Waals surface area (Å²) in [6.07, 6.45) is 6.83. The summed E-state index contributed by atoms with van der Waals surface area (Å²) in [5, 5.41) is 15.5. The van der Waals surface area contributed by atoms with Gasteiger partial charge in [-0.15, -0.1) is 0 Å². The van der Waals surface area contributed by atoms with Crippen molar-refractivity contribution < 1.29 is 9.90 Å². The molecular weight excluding hydrogens is 392 g/mol. The summed E-state index contributed by atoms with van der Waals surface area (Å²) in [7, 11) is 0. The number of anilines is 2. The number of aromatic nitrogens is 4. The zero-order valence-corrected chi connectivity index (χ0v) is 17.4. The Morgan fingerprint density at radius 3 is 2.87 bits per heavy atom. The molecule has 0 fully saturated rings. The van der Waals surface area contributed by atoms with E-state index in [0.29, 0.717) is 23.6 Å². The normalized spacial score (nSPS) is 12.0. The third-order valence-electron chi connectivity index (χ3n) is 4.95. The second kappa shape index (κ2) is 8.93. The van der Waals surface area contributed by atoms with Crippen LogP contribution in [-0.4, -0.2) is 37.1 Å². The Kier molecular flexibility index (Phi) is 5.90. The predicted octanol–water partition coefficient (Wildman–Crippen LogP) is 3.55. The molecule has 1 atom stereocenters. The average molecular weight is 416 g/mol. The van der Waals surface area contributed by atoms with Gasteiger partial charge in [0.1, 0.15) is 11.3 Å². The van der Waals surface area contributed by atoms with E-state index < -0.39 is 0 Å². The van der Waals surface area contributed by atoms with E-state index in [4.69, 9.17) is 0 Å². The summed E-state index contributed by atoms with van der Waals surface area (Å²) in [5.41, 5.74) is 4.65. The van der Waals surface area contributed by atoms with E-state index in [9.17, 15) is 9.90 Å². The van der Waals surface area contributed by atoms with Crippen molar-refractivity contribution in [2.24, 2.45) is 0 Å². The van der Waals surface area contributed by atoms with Gasteiger partial charge in [0, 0.05) is 30.8 Å². The van der Waals surface area contributed by atoms with Gasteiger partial charge in [0.2, 0.25) is 0 Å². The number of nitrogens with one attached hydrogen (secondary N) is 2. The largest absolute Gasteiger partial charge is 0.395 e. The number of aliphatic hydroxyl groups is 1. The summed E-state index contributed by atoms with van der Waals surface area (Å²) < 4.78 is 1.87. The van der Waals surface area contributed by atoms with Gasteiger partial charge in [-0.2, -0.15) is 0 Å². The lowest BCUT2D eigenvalue weighted by molar-refractivity contribution is 0.102. The number of amides is 1. The van der Waals surface area contributed by atoms with Gasteiger partial charge >= 0.3 is 0 Å². The van der Waals surface area contributed by atoms with Crippen LogP contribution >= 0.6 is 0 Å². The summed E-state index contributed by atoms with van der Waals surface area (Å²) in [4.78, 5) is 25.7. The maximum absolute atomic E-state index is 12.5. The Balaban J connectivity index is 1.49. The molecule has 0 saturated carbocycles. The summed E-state index contributed by atoms with van der Waals surface area (Å²) in [5.74, 6) is 0.438. The van der Waals surface area contributed by atoms with E-state index in [-0.39, 0.29) is 18.6 Å². The molecule has 1 amide bonds. The van der Waals surface area contributed by atoms with Crippen LogP contribution in [-0.2, 0) is 6.54 Å². The number of pyridine rings is 1. The van der Waals surface area contributed by atoms with E-state index in [1.165, 1.54) is 0 Å². The molecule has 0 spiro atoms. The van der Waals surface area contributed by atoms with Crippen molar-refractivity contribution in [2.45, 2.75) is 26.4 Å². The molecule has 0 bridgehead atoms. The van der Waals surface area contributed by atoms with E-state index in [2.05, 4.69) is 25.6 Å². The van der Waals surface area contributed by atoms with Crippen molar-refractivity contribution in [2.75, 3.05) is 17.2 Å². The second-order valence-electron chi connectivity index (χ2n) is 7.39. The van der Waals surface area contributed by atoms with Gasteiger partial charge in [-0.1, -0.05) is 12.1 Å². The average Bonchev–Trinajstić information content (AvgIpc) is 3.16. The van der Waals surface area contributed by atoms with Crippen molar-refractivity contribution >= 4 is 28.6 Å². The van der Waals surface area contributed by atoms with Crippen LogP contribution in [0.4, 0.5) is 11.5 Å². The lowest BCUT2D eigenvalue weighted by Gasteiger charge is -2.16. The highest BCUT2D eigenvalue weighted by Crippen LogP contribution is 2.22. The number of aryl methyl sites for hydroxylation is 1. The van der Waals surface area contributed by atoms with Crippen molar-refractivity contribution in [1.29, 1.82) is 0 Å². The van der Waals surface area contributed by atoms with Gasteiger partial charge in [-0.05, 0) is 49.2 Å². The molecule has 0 aliphatic carbocycles. The third-order valence-corrected chi connectivity index (χ3v) is 4.95. The number of nitrogens with zero attached hydrogens (tertiary/aromatic N) is 4. The van der Waals surface area contributed by atoms with Crippen LogP contribution in [0.15, 0.2) is 61.2 Å². The third kappa shape index (κ3) is 4.70. The van der Waals surface area contributed by atoms with Gasteiger partial charge in [0.25, 0.3) is 5.91 Å². The summed E-state index contributed by atoms with van der Waals surface area (Å²) in [6.45, 7) is 4.43. The molecule has 3 N–H and O–H groups in total. The molecule has 4 aromatic rings. The topological polar surface area (TPSA) is 105 Å². The number of benzene rings is 1. The van der Waals surface area contributed by atoms with Crippen LogP contribution in [0.5, 0.6) is 0 Å². The molecule has 1 aromatic carbocycles. The first-order valence-corrected chi connectivity index (χ1v) is 10.1. The Morgan fingerprint density at radius 1 is 1.19 bits per heavy atom. The quantitative estimate of drug-likeness (QED) is 0.426. The Morgan fingerprint density at radius 2 is 2.06 bits per heavy atom. The predicted molar refractivity (Wildman–Crippen MR) is 120 cm³/mol. The molecule has 158 valence electrons. The Hall–Kier alpha value is -3.78. The molecule has 0 aliphatic rings. The molecule has 8 nitrogen and oxygen atoms in total. The molecule has 8 heteroatoms. The highest BCUT2D eigenvalue weighted by molar-refractivity contribution is 6.04. The van der Waals surface area contributed by atoms with Crippen LogP contribution < -0.4 is 10.6 Å². The minimum absolute atomic E-state index is 0.0383. The van der Waals surface area contributed by atoms with Gasteiger partial charge in [-0.25, -0.2) is 9.97 Å².